The number of rotatable bonds is 6. The predicted octanol–water partition coefficient (Wildman–Crippen LogP) is 6.44. The van der Waals surface area contributed by atoms with Crippen molar-refractivity contribution >= 4 is 8.58 Å². The van der Waals surface area contributed by atoms with E-state index >= 15 is 0 Å². The van der Waals surface area contributed by atoms with Crippen LogP contribution < -0.4 is 9.47 Å². The quantitative estimate of drug-likeness (QED) is 0.556. The molecular formula is C20H35O2P. The van der Waals surface area contributed by atoms with Crippen LogP contribution in [0.15, 0.2) is 18.2 Å². The highest BCUT2D eigenvalue weighted by Crippen LogP contribution is 2.42. The second-order valence-electron chi connectivity index (χ2n) is 8.61. The zero-order valence-electron chi connectivity index (χ0n) is 16.4. The molecule has 2 atom stereocenters. The monoisotopic (exact) mass is 338 g/mol. The maximum absolute atomic E-state index is 6.20. The van der Waals surface area contributed by atoms with Crippen LogP contribution in [0.25, 0.3) is 0 Å². The van der Waals surface area contributed by atoms with Crippen molar-refractivity contribution in [2.24, 2.45) is 5.92 Å². The van der Waals surface area contributed by atoms with Crippen molar-refractivity contribution in [3.8, 4) is 11.5 Å². The van der Waals surface area contributed by atoms with Crippen molar-refractivity contribution in [1.29, 1.82) is 0 Å². The Morgan fingerprint density at radius 3 is 1.87 bits per heavy atom. The van der Waals surface area contributed by atoms with Crippen LogP contribution in [0.3, 0.4) is 0 Å². The lowest BCUT2D eigenvalue weighted by Gasteiger charge is -2.28. The summed E-state index contributed by atoms with van der Waals surface area (Å²) in [5.74, 6) is 2.39. The molecule has 0 aliphatic carbocycles. The van der Waals surface area contributed by atoms with Crippen LogP contribution >= 0.6 is 8.58 Å². The molecule has 0 heterocycles. The Morgan fingerprint density at radius 2 is 1.43 bits per heavy atom. The highest BCUT2D eigenvalue weighted by molar-refractivity contribution is 7.37. The van der Waals surface area contributed by atoms with Crippen LogP contribution in [-0.2, 0) is 0 Å². The summed E-state index contributed by atoms with van der Waals surface area (Å²) in [6, 6.07) is 6.48. The van der Waals surface area contributed by atoms with Gasteiger partial charge in [0.1, 0.15) is 11.2 Å². The third-order valence-electron chi connectivity index (χ3n) is 3.26. The fourth-order valence-corrected chi connectivity index (χ4v) is 3.68. The summed E-state index contributed by atoms with van der Waals surface area (Å²) in [4.78, 5) is 0. The van der Waals surface area contributed by atoms with Crippen LogP contribution in [0.5, 0.6) is 11.5 Å². The van der Waals surface area contributed by atoms with E-state index in [1.807, 2.05) is 0 Å². The molecule has 132 valence electrons. The van der Waals surface area contributed by atoms with E-state index in [2.05, 4.69) is 80.3 Å². The third-order valence-corrected chi connectivity index (χ3v) is 4.52. The van der Waals surface area contributed by atoms with Gasteiger partial charge in [-0.3, -0.25) is 0 Å². The van der Waals surface area contributed by atoms with Crippen molar-refractivity contribution in [3.63, 3.8) is 0 Å². The molecule has 0 aliphatic heterocycles. The van der Waals surface area contributed by atoms with E-state index in [1.165, 1.54) is 12.0 Å². The molecule has 23 heavy (non-hydrogen) atoms. The van der Waals surface area contributed by atoms with E-state index in [1.54, 1.807) is 0 Å². The lowest BCUT2D eigenvalue weighted by molar-refractivity contribution is 0.0956. The van der Waals surface area contributed by atoms with Gasteiger partial charge in [0.2, 0.25) is 0 Å². The van der Waals surface area contributed by atoms with E-state index in [-0.39, 0.29) is 11.2 Å². The summed E-state index contributed by atoms with van der Waals surface area (Å²) in [7, 11) is 0.894. The minimum Gasteiger partial charge on any atom is -0.484 e. The van der Waals surface area contributed by atoms with Crippen LogP contribution in [0.4, 0.5) is 0 Å². The van der Waals surface area contributed by atoms with Gasteiger partial charge in [-0.15, -0.1) is 8.58 Å². The number of hydrogen-bond donors (Lipinski definition) is 0. The zero-order valence-corrected chi connectivity index (χ0v) is 17.4. The van der Waals surface area contributed by atoms with Gasteiger partial charge < -0.3 is 9.47 Å². The smallest absolute Gasteiger partial charge is 0.162 e. The number of ether oxygens (including phenoxy) is 2. The van der Waals surface area contributed by atoms with E-state index in [0.29, 0.717) is 11.6 Å². The molecule has 0 saturated heterocycles. The minimum atomic E-state index is -0.239. The molecule has 0 bridgehead atoms. The van der Waals surface area contributed by atoms with Gasteiger partial charge in [0.15, 0.2) is 11.5 Å². The van der Waals surface area contributed by atoms with Gasteiger partial charge in [-0.2, -0.15) is 0 Å². The molecular weight excluding hydrogens is 303 g/mol. The Labute approximate surface area is 145 Å². The van der Waals surface area contributed by atoms with Gasteiger partial charge in [0.05, 0.1) is 0 Å². The first-order chi connectivity index (χ1) is 10.4. The lowest BCUT2D eigenvalue weighted by atomic mass is 10.0. The largest absolute Gasteiger partial charge is 0.484 e. The number of benzene rings is 1. The van der Waals surface area contributed by atoms with E-state index in [9.17, 15) is 0 Å². The molecule has 1 aromatic rings. The molecule has 0 amide bonds. The van der Waals surface area contributed by atoms with E-state index in [4.69, 9.17) is 9.47 Å². The molecule has 3 heteroatoms. The van der Waals surface area contributed by atoms with Crippen LogP contribution in [-0.4, -0.2) is 17.9 Å². The first-order valence-corrected chi connectivity index (χ1v) is 10.2. The summed E-state index contributed by atoms with van der Waals surface area (Å²) >= 11 is 0. The average molecular weight is 338 g/mol. The first kappa shape index (κ1) is 20.3. The molecule has 0 aliphatic rings. The summed E-state index contributed by atoms with van der Waals surface area (Å²) in [6.45, 7) is 19.3. The molecule has 2 nitrogen and oxygen atoms in total. The minimum absolute atomic E-state index is 0.235. The maximum atomic E-state index is 6.20. The van der Waals surface area contributed by atoms with Crippen molar-refractivity contribution in [3.05, 3.63) is 23.8 Å². The fourth-order valence-electron chi connectivity index (χ4n) is 2.46. The number of hydrogen-bond acceptors (Lipinski definition) is 2. The van der Waals surface area contributed by atoms with Gasteiger partial charge in [-0.1, -0.05) is 19.9 Å². The van der Waals surface area contributed by atoms with Crippen molar-refractivity contribution < 1.29 is 9.47 Å². The predicted molar refractivity (Wildman–Crippen MR) is 104 cm³/mol. The summed E-state index contributed by atoms with van der Waals surface area (Å²) in [6.07, 6.45) is 1.21. The van der Waals surface area contributed by atoms with E-state index in [0.717, 1.165) is 20.1 Å². The third kappa shape index (κ3) is 7.57. The van der Waals surface area contributed by atoms with Gasteiger partial charge >= 0.3 is 0 Å². The standard InChI is InChI=1S/C20H35O2P/c1-14(2)12-18(23-9)15-10-11-16(21-19(3,4)5)17(13-15)22-20(6,7)8/h10-11,13-14,18,23H,12H2,1-9H3. The molecule has 0 aromatic heterocycles. The average Bonchev–Trinajstić information content (AvgIpc) is 2.34. The van der Waals surface area contributed by atoms with Crippen LogP contribution in [0, 0.1) is 5.92 Å². The van der Waals surface area contributed by atoms with Gasteiger partial charge in [-0.25, -0.2) is 0 Å². The second-order valence-corrected chi connectivity index (χ2v) is 9.88. The molecule has 1 rings (SSSR count). The highest BCUT2D eigenvalue weighted by atomic mass is 31.1. The SMILES string of the molecule is CPC(CC(C)C)c1ccc(OC(C)(C)C)c(OC(C)(C)C)c1. The second kappa shape index (κ2) is 7.88. The zero-order chi connectivity index (χ0) is 17.8. The van der Waals surface area contributed by atoms with Crippen molar-refractivity contribution in [1.82, 2.24) is 0 Å². The summed E-state index contributed by atoms with van der Waals surface area (Å²) in [5, 5.41) is 0. The Hall–Kier alpha value is -0.750. The molecule has 0 radical (unpaired) electrons. The Kier molecular flexibility index (Phi) is 6.95. The Balaban J connectivity index is 3.19. The van der Waals surface area contributed by atoms with Gasteiger partial charge in [0.25, 0.3) is 0 Å². The molecule has 0 saturated carbocycles. The highest BCUT2D eigenvalue weighted by Gasteiger charge is 2.21. The Bertz CT molecular complexity index is 495. The van der Waals surface area contributed by atoms with E-state index < -0.39 is 0 Å². The molecule has 2 unspecified atom stereocenters. The topological polar surface area (TPSA) is 18.5 Å². The lowest BCUT2D eigenvalue weighted by Crippen LogP contribution is -2.26. The molecule has 0 fully saturated rings. The van der Waals surface area contributed by atoms with Crippen molar-refractivity contribution in [2.45, 2.75) is 78.7 Å². The molecule has 1 aromatic carbocycles. The van der Waals surface area contributed by atoms with Crippen LogP contribution in [0.1, 0.15) is 73.0 Å². The molecule has 0 spiro atoms. The van der Waals surface area contributed by atoms with Crippen molar-refractivity contribution in [2.75, 3.05) is 6.66 Å². The molecule has 0 N–H and O–H groups in total. The summed E-state index contributed by atoms with van der Waals surface area (Å²) < 4.78 is 12.3. The fraction of sp³-hybridized carbons (Fsp3) is 0.700. The Morgan fingerprint density at radius 1 is 0.913 bits per heavy atom. The summed E-state index contributed by atoms with van der Waals surface area (Å²) in [5.41, 5.74) is 1.49. The van der Waals surface area contributed by atoms with Gasteiger partial charge in [-0.05, 0) is 78.2 Å². The normalized spacial score (nSPS) is 14.5. The first-order valence-electron chi connectivity index (χ1n) is 8.60. The van der Waals surface area contributed by atoms with Gasteiger partial charge in [0, 0.05) is 5.66 Å². The maximum Gasteiger partial charge on any atom is 0.162 e. The van der Waals surface area contributed by atoms with Crippen LogP contribution in [0.2, 0.25) is 0 Å².